The molecule has 1 saturated carbocycles. The third-order valence-corrected chi connectivity index (χ3v) is 6.86. The van der Waals surface area contributed by atoms with Crippen molar-refractivity contribution in [2.75, 3.05) is 26.2 Å². The maximum Gasteiger partial charge on any atom is 0.303 e. The third-order valence-electron chi connectivity index (χ3n) is 6.86. The fourth-order valence-corrected chi connectivity index (χ4v) is 5.78. The molecule has 3 aliphatic heterocycles. The van der Waals surface area contributed by atoms with Crippen molar-refractivity contribution >= 4 is 5.97 Å². The molecule has 0 amide bonds. The molecule has 1 unspecified atom stereocenters. The highest BCUT2D eigenvalue weighted by molar-refractivity contribution is 5.66. The Bertz CT molecular complexity index is 435. The predicted molar refractivity (Wildman–Crippen MR) is 90.4 cm³/mol. The molecule has 0 radical (unpaired) electrons. The number of piperidine rings is 3. The Morgan fingerprint density at radius 3 is 2.61 bits per heavy atom. The van der Waals surface area contributed by atoms with Crippen molar-refractivity contribution in [3.8, 4) is 0 Å². The van der Waals surface area contributed by atoms with E-state index in [1.807, 2.05) is 0 Å². The van der Waals surface area contributed by atoms with Crippen LogP contribution in [0, 0.1) is 17.8 Å². The maximum atomic E-state index is 10.9. The van der Waals surface area contributed by atoms with Gasteiger partial charge < -0.3 is 5.11 Å². The van der Waals surface area contributed by atoms with Gasteiger partial charge in [-0.2, -0.15) is 0 Å². The molecular formula is C19H32N2O2. The van der Waals surface area contributed by atoms with Crippen molar-refractivity contribution in [1.82, 2.24) is 9.80 Å². The largest absolute Gasteiger partial charge is 0.481 e. The number of carbonyl (C=O) groups is 1. The van der Waals surface area contributed by atoms with Gasteiger partial charge in [0.1, 0.15) is 0 Å². The Hall–Kier alpha value is -0.610. The predicted octanol–water partition coefficient (Wildman–Crippen LogP) is 2.83. The second kappa shape index (κ2) is 6.72. The van der Waals surface area contributed by atoms with Gasteiger partial charge in [0.15, 0.2) is 0 Å². The van der Waals surface area contributed by atoms with Crippen molar-refractivity contribution < 1.29 is 9.90 Å². The highest BCUT2D eigenvalue weighted by atomic mass is 16.4. The van der Waals surface area contributed by atoms with E-state index < -0.39 is 5.97 Å². The average Bonchev–Trinajstić information content (AvgIpc) is 3.34. The van der Waals surface area contributed by atoms with E-state index in [1.165, 1.54) is 64.7 Å². The quantitative estimate of drug-likeness (QED) is 0.817. The minimum atomic E-state index is -0.629. The molecule has 3 heterocycles. The van der Waals surface area contributed by atoms with Gasteiger partial charge >= 0.3 is 5.97 Å². The average molecular weight is 320 g/mol. The van der Waals surface area contributed by atoms with Crippen LogP contribution in [0.15, 0.2) is 0 Å². The zero-order valence-electron chi connectivity index (χ0n) is 14.3. The molecule has 4 heteroatoms. The first-order chi connectivity index (χ1) is 11.2. The van der Waals surface area contributed by atoms with E-state index in [9.17, 15) is 4.79 Å². The number of aliphatic carboxylic acids is 1. The van der Waals surface area contributed by atoms with Crippen LogP contribution in [0.3, 0.4) is 0 Å². The van der Waals surface area contributed by atoms with Crippen molar-refractivity contribution in [2.24, 2.45) is 17.8 Å². The van der Waals surface area contributed by atoms with Gasteiger partial charge in [0.25, 0.3) is 0 Å². The van der Waals surface area contributed by atoms with Crippen LogP contribution in [0.5, 0.6) is 0 Å². The van der Waals surface area contributed by atoms with E-state index >= 15 is 0 Å². The molecule has 1 N–H and O–H groups in total. The zero-order valence-corrected chi connectivity index (χ0v) is 14.3. The van der Waals surface area contributed by atoms with Gasteiger partial charge in [-0.3, -0.25) is 14.6 Å². The summed E-state index contributed by atoms with van der Waals surface area (Å²) in [5.41, 5.74) is 0. The number of hydrogen-bond donors (Lipinski definition) is 1. The van der Waals surface area contributed by atoms with Crippen molar-refractivity contribution in [2.45, 2.75) is 69.9 Å². The van der Waals surface area contributed by atoms with Crippen LogP contribution in [0.4, 0.5) is 0 Å². The van der Waals surface area contributed by atoms with Crippen LogP contribution in [0.2, 0.25) is 0 Å². The second-order valence-corrected chi connectivity index (χ2v) is 8.49. The van der Waals surface area contributed by atoms with Crippen LogP contribution in [0.25, 0.3) is 0 Å². The lowest BCUT2D eigenvalue weighted by Gasteiger charge is -2.57. The number of rotatable bonds is 6. The molecule has 4 aliphatic rings. The van der Waals surface area contributed by atoms with Crippen LogP contribution >= 0.6 is 0 Å². The van der Waals surface area contributed by atoms with Crippen molar-refractivity contribution in [3.05, 3.63) is 0 Å². The molecule has 4 fully saturated rings. The Morgan fingerprint density at radius 1 is 1.09 bits per heavy atom. The lowest BCUT2D eigenvalue weighted by Crippen LogP contribution is -2.64. The van der Waals surface area contributed by atoms with Gasteiger partial charge in [0, 0.05) is 31.6 Å². The topological polar surface area (TPSA) is 43.8 Å². The van der Waals surface area contributed by atoms with Crippen molar-refractivity contribution in [1.29, 1.82) is 0 Å². The molecular weight excluding hydrogens is 288 g/mol. The summed E-state index contributed by atoms with van der Waals surface area (Å²) in [7, 11) is 0. The normalized spacial score (nSPS) is 38.3. The first-order valence-electron chi connectivity index (χ1n) is 9.92. The summed E-state index contributed by atoms with van der Waals surface area (Å²) >= 11 is 0. The molecule has 4 atom stereocenters. The summed E-state index contributed by atoms with van der Waals surface area (Å²) in [4.78, 5) is 16.5. The summed E-state index contributed by atoms with van der Waals surface area (Å²) in [5.74, 6) is 1.99. The zero-order chi connectivity index (χ0) is 15.8. The number of likely N-dealkylation sites (tertiary alicyclic amines) is 1. The smallest absolute Gasteiger partial charge is 0.303 e. The van der Waals surface area contributed by atoms with E-state index in [-0.39, 0.29) is 0 Å². The first-order valence-corrected chi connectivity index (χ1v) is 9.92. The van der Waals surface area contributed by atoms with E-state index in [0.29, 0.717) is 12.5 Å². The van der Waals surface area contributed by atoms with Gasteiger partial charge in [-0.05, 0) is 82.2 Å². The van der Waals surface area contributed by atoms with Crippen LogP contribution in [-0.4, -0.2) is 59.1 Å². The lowest BCUT2D eigenvalue weighted by molar-refractivity contribution is -0.137. The number of nitrogens with zero attached hydrogens (tertiary/aromatic N) is 2. The fourth-order valence-electron chi connectivity index (χ4n) is 5.78. The molecule has 3 saturated heterocycles. The minimum absolute atomic E-state index is 0.346. The third kappa shape index (κ3) is 3.43. The summed E-state index contributed by atoms with van der Waals surface area (Å²) in [5, 5.41) is 9.01. The fraction of sp³-hybridized carbons (Fsp3) is 0.947. The van der Waals surface area contributed by atoms with Gasteiger partial charge in [0.05, 0.1) is 0 Å². The molecule has 0 aromatic rings. The molecule has 0 aromatic carbocycles. The molecule has 1 aliphatic carbocycles. The highest BCUT2D eigenvalue weighted by Crippen LogP contribution is 2.44. The Balaban J connectivity index is 1.49. The second-order valence-electron chi connectivity index (χ2n) is 8.49. The summed E-state index contributed by atoms with van der Waals surface area (Å²) < 4.78 is 0. The van der Waals surface area contributed by atoms with Gasteiger partial charge in [0.2, 0.25) is 0 Å². The lowest BCUT2D eigenvalue weighted by atomic mass is 9.69. The number of carboxylic acid groups (broad SMARTS) is 1. The highest BCUT2D eigenvalue weighted by Gasteiger charge is 2.48. The Kier molecular flexibility index (Phi) is 4.64. The van der Waals surface area contributed by atoms with E-state index in [1.54, 1.807) is 0 Å². The van der Waals surface area contributed by atoms with Crippen LogP contribution in [0.1, 0.15) is 57.8 Å². The summed E-state index contributed by atoms with van der Waals surface area (Å²) in [6, 6.07) is 1.46. The number of hydrogen-bond acceptors (Lipinski definition) is 3. The van der Waals surface area contributed by atoms with E-state index in [0.717, 1.165) is 36.6 Å². The van der Waals surface area contributed by atoms with Crippen LogP contribution < -0.4 is 0 Å². The minimum Gasteiger partial charge on any atom is -0.481 e. The maximum absolute atomic E-state index is 10.9. The van der Waals surface area contributed by atoms with Gasteiger partial charge in [-0.1, -0.05) is 0 Å². The standard InChI is InChI=1S/C19H32N2O2/c22-18(23)7-1-6-17-16-5-3-11-20-10-2-4-15(19(16)20)13-21(17)12-14-8-9-14/h14-17,19H,1-13H2,(H,22,23)/t15-,16+,17?,19-/m0/s1. The Morgan fingerprint density at radius 2 is 1.87 bits per heavy atom. The molecule has 0 spiro atoms. The van der Waals surface area contributed by atoms with E-state index in [2.05, 4.69) is 9.80 Å². The first kappa shape index (κ1) is 15.9. The molecule has 0 bridgehead atoms. The van der Waals surface area contributed by atoms with Gasteiger partial charge in [-0.25, -0.2) is 0 Å². The van der Waals surface area contributed by atoms with Crippen LogP contribution in [-0.2, 0) is 4.79 Å². The summed E-state index contributed by atoms with van der Waals surface area (Å²) in [6.45, 7) is 5.19. The summed E-state index contributed by atoms with van der Waals surface area (Å²) in [6.07, 6.45) is 10.7. The van der Waals surface area contributed by atoms with Gasteiger partial charge in [-0.15, -0.1) is 0 Å². The number of carboxylic acids is 1. The molecule has 4 rings (SSSR count). The Labute approximate surface area is 140 Å². The molecule has 23 heavy (non-hydrogen) atoms. The SMILES string of the molecule is O=C(O)CCCC1[C@H]2CCCN3CCC[C@@H](CN1CC1CC1)[C@@H]23. The monoisotopic (exact) mass is 320 g/mol. The molecule has 130 valence electrons. The molecule has 4 nitrogen and oxygen atoms in total. The molecule has 0 aromatic heterocycles. The van der Waals surface area contributed by atoms with E-state index in [4.69, 9.17) is 5.11 Å². The van der Waals surface area contributed by atoms with Crippen molar-refractivity contribution in [3.63, 3.8) is 0 Å².